The first-order valence-electron chi connectivity index (χ1n) is 8.72. The van der Waals surface area contributed by atoms with E-state index in [9.17, 15) is 9.67 Å². The van der Waals surface area contributed by atoms with E-state index in [4.69, 9.17) is 4.52 Å². The van der Waals surface area contributed by atoms with Gasteiger partial charge in [-0.05, 0) is 59.8 Å². The van der Waals surface area contributed by atoms with Gasteiger partial charge in [0.25, 0.3) is 7.52 Å². The summed E-state index contributed by atoms with van der Waals surface area (Å²) in [7, 11) is -3.25. The minimum atomic E-state index is -3.25. The molecule has 0 spiro atoms. The van der Waals surface area contributed by atoms with Crippen molar-refractivity contribution in [2.75, 3.05) is 6.54 Å². The molecule has 1 fully saturated rings. The molecule has 4 nitrogen and oxygen atoms in total. The third-order valence-corrected chi connectivity index (χ3v) is 8.38. The molecule has 1 N–H and O–H groups in total. The van der Waals surface area contributed by atoms with Gasteiger partial charge in [-0.15, -0.1) is 6.58 Å². The van der Waals surface area contributed by atoms with E-state index in [1.54, 1.807) is 6.08 Å². The summed E-state index contributed by atoms with van der Waals surface area (Å²) < 4.78 is 22.0. The quantitative estimate of drug-likeness (QED) is 0.606. The largest absolute Gasteiger partial charge is 0.385 e. The van der Waals surface area contributed by atoms with Gasteiger partial charge in [-0.3, -0.25) is 4.57 Å². The highest BCUT2D eigenvalue weighted by Crippen LogP contribution is 2.64. The van der Waals surface area contributed by atoms with Crippen molar-refractivity contribution in [3.05, 3.63) is 24.8 Å². The molecule has 0 bridgehead atoms. The van der Waals surface area contributed by atoms with Crippen molar-refractivity contribution in [1.82, 2.24) is 4.67 Å². The molecule has 1 aliphatic heterocycles. The Hall–Kier alpha value is -0.410. The van der Waals surface area contributed by atoms with Crippen LogP contribution < -0.4 is 0 Å². The molecule has 0 aromatic heterocycles. The maximum atomic E-state index is 14.0. The van der Waals surface area contributed by atoms with E-state index < -0.39 is 18.8 Å². The fourth-order valence-electron chi connectivity index (χ4n) is 3.69. The van der Waals surface area contributed by atoms with Gasteiger partial charge in [0.05, 0.1) is 11.7 Å². The highest BCUT2D eigenvalue weighted by atomic mass is 31.2. The van der Waals surface area contributed by atoms with Gasteiger partial charge in [0.15, 0.2) is 0 Å². The number of nitrogens with zero attached hydrogens (tertiary/aromatic N) is 1. The first-order chi connectivity index (χ1) is 10.6. The summed E-state index contributed by atoms with van der Waals surface area (Å²) in [4.78, 5) is 0. The molecule has 0 radical (unpaired) electrons. The molecule has 0 aromatic rings. The fraction of sp³-hybridized carbons (Fsp3) is 0.778. The summed E-state index contributed by atoms with van der Waals surface area (Å²) in [5.74, 6) is 0. The van der Waals surface area contributed by atoms with Crippen molar-refractivity contribution in [3.8, 4) is 0 Å². The van der Waals surface area contributed by atoms with Crippen molar-refractivity contribution >= 4 is 7.52 Å². The van der Waals surface area contributed by atoms with Gasteiger partial charge in [-0.2, -0.15) is 0 Å². The van der Waals surface area contributed by atoms with E-state index in [1.165, 1.54) is 0 Å². The third kappa shape index (κ3) is 3.82. The van der Waals surface area contributed by atoms with Gasteiger partial charge in [-0.1, -0.05) is 18.2 Å². The molecule has 0 saturated carbocycles. The van der Waals surface area contributed by atoms with E-state index in [0.29, 0.717) is 13.0 Å². The van der Waals surface area contributed by atoms with Crippen LogP contribution in [0.2, 0.25) is 0 Å². The standard InChI is InChI=1S/C18H32NO3P/c1-6-16(18(20)12-9-7-8-10-13-18)23(21)19(17(3,4)5)14-11-15(2)22-23/h6,9,12,15-16,20H,1,7-8,10-11,13-14H2,2-5H3/t15-,16?,18?,23?/m0/s1. The summed E-state index contributed by atoms with van der Waals surface area (Å²) in [5.41, 5.74) is -2.04. The molecule has 2 rings (SSSR count). The molecule has 0 aromatic carbocycles. The number of rotatable bonds is 3. The Morgan fingerprint density at radius 2 is 2.17 bits per heavy atom. The Balaban J connectivity index is 2.46. The molecule has 4 atom stereocenters. The lowest BCUT2D eigenvalue weighted by Crippen LogP contribution is -2.51. The van der Waals surface area contributed by atoms with E-state index in [0.717, 1.165) is 25.7 Å². The van der Waals surface area contributed by atoms with E-state index >= 15 is 0 Å². The number of allylic oxidation sites excluding steroid dienone is 1. The maximum absolute atomic E-state index is 14.0. The molecule has 132 valence electrons. The van der Waals surface area contributed by atoms with Gasteiger partial charge in [-0.25, -0.2) is 4.67 Å². The zero-order chi connectivity index (χ0) is 17.3. The van der Waals surface area contributed by atoms with Gasteiger partial charge >= 0.3 is 0 Å². The molecule has 3 unspecified atom stereocenters. The lowest BCUT2D eigenvalue weighted by Gasteiger charge is -2.50. The van der Waals surface area contributed by atoms with Crippen LogP contribution in [-0.2, 0) is 9.09 Å². The van der Waals surface area contributed by atoms with Crippen LogP contribution in [0.15, 0.2) is 24.8 Å². The molecular formula is C18H32NO3P. The summed E-state index contributed by atoms with van der Waals surface area (Å²) in [6.45, 7) is 12.7. The van der Waals surface area contributed by atoms with Gasteiger partial charge < -0.3 is 9.63 Å². The molecule has 23 heavy (non-hydrogen) atoms. The molecule has 5 heteroatoms. The summed E-state index contributed by atoms with van der Waals surface area (Å²) in [6, 6.07) is 0. The molecule has 2 aliphatic rings. The van der Waals surface area contributed by atoms with Crippen LogP contribution >= 0.6 is 7.52 Å². The SMILES string of the molecule is C=CC(C1(O)C=CCCCC1)P1(=O)O[C@@H](C)CCN1C(C)(C)C. The van der Waals surface area contributed by atoms with Crippen molar-refractivity contribution in [2.24, 2.45) is 0 Å². The minimum Gasteiger partial charge on any atom is -0.385 e. The second kappa shape index (κ2) is 6.84. The zero-order valence-corrected chi connectivity index (χ0v) is 15.9. The minimum absolute atomic E-state index is 0.0692. The number of hydrogen-bond acceptors (Lipinski definition) is 3. The van der Waals surface area contributed by atoms with Crippen LogP contribution in [0, 0.1) is 0 Å². The first-order valence-corrected chi connectivity index (χ1v) is 10.4. The lowest BCUT2D eigenvalue weighted by atomic mass is 9.94. The zero-order valence-electron chi connectivity index (χ0n) is 15.0. The Labute approximate surface area is 141 Å². The molecular weight excluding hydrogens is 309 g/mol. The third-order valence-electron chi connectivity index (χ3n) is 4.88. The van der Waals surface area contributed by atoms with Gasteiger partial charge in [0.2, 0.25) is 0 Å². The maximum Gasteiger partial charge on any atom is 0.283 e. The van der Waals surface area contributed by atoms with Crippen molar-refractivity contribution in [1.29, 1.82) is 0 Å². The smallest absolute Gasteiger partial charge is 0.283 e. The van der Waals surface area contributed by atoms with Crippen LogP contribution in [0.25, 0.3) is 0 Å². The van der Waals surface area contributed by atoms with Crippen molar-refractivity contribution < 1.29 is 14.2 Å². The van der Waals surface area contributed by atoms with Gasteiger partial charge in [0, 0.05) is 12.1 Å². The van der Waals surface area contributed by atoms with E-state index in [1.807, 2.05) is 44.5 Å². The number of aliphatic hydroxyl groups is 1. The molecule has 1 saturated heterocycles. The van der Waals surface area contributed by atoms with E-state index in [-0.39, 0.29) is 11.6 Å². The average Bonchev–Trinajstić information content (AvgIpc) is 2.62. The second-order valence-electron chi connectivity index (χ2n) is 7.88. The summed E-state index contributed by atoms with van der Waals surface area (Å²) in [6.07, 6.45) is 9.77. The Kier molecular flexibility index (Phi) is 5.62. The summed E-state index contributed by atoms with van der Waals surface area (Å²) >= 11 is 0. The van der Waals surface area contributed by atoms with Crippen LogP contribution in [-0.4, -0.2) is 39.2 Å². The predicted molar refractivity (Wildman–Crippen MR) is 95.8 cm³/mol. The Bertz CT molecular complexity index is 511. The highest BCUT2D eigenvalue weighted by Gasteiger charge is 2.54. The molecule has 0 amide bonds. The van der Waals surface area contributed by atoms with Crippen LogP contribution in [0.3, 0.4) is 0 Å². The highest BCUT2D eigenvalue weighted by molar-refractivity contribution is 7.57. The second-order valence-corrected chi connectivity index (χ2v) is 10.3. The number of hydrogen-bond donors (Lipinski definition) is 1. The summed E-state index contributed by atoms with van der Waals surface area (Å²) in [5, 5.41) is 11.3. The first kappa shape index (κ1) is 18.9. The fourth-order valence-corrected chi connectivity index (χ4v) is 7.13. The molecule has 1 aliphatic carbocycles. The van der Waals surface area contributed by atoms with Crippen molar-refractivity contribution in [3.63, 3.8) is 0 Å². The normalized spacial score (nSPS) is 38.0. The van der Waals surface area contributed by atoms with Crippen molar-refractivity contribution in [2.45, 2.75) is 82.7 Å². The monoisotopic (exact) mass is 341 g/mol. The van der Waals surface area contributed by atoms with Gasteiger partial charge in [0.1, 0.15) is 5.66 Å². The Morgan fingerprint density at radius 3 is 2.78 bits per heavy atom. The van der Waals surface area contributed by atoms with Crippen LogP contribution in [0.1, 0.15) is 59.8 Å². The van der Waals surface area contributed by atoms with Crippen LogP contribution in [0.5, 0.6) is 0 Å². The predicted octanol–water partition coefficient (Wildman–Crippen LogP) is 4.50. The van der Waals surface area contributed by atoms with Crippen LogP contribution in [0.4, 0.5) is 0 Å². The average molecular weight is 341 g/mol. The lowest BCUT2D eigenvalue weighted by molar-refractivity contribution is 0.0548. The van der Waals surface area contributed by atoms with E-state index in [2.05, 4.69) is 6.58 Å². The topological polar surface area (TPSA) is 49.8 Å². The molecule has 1 heterocycles. The Morgan fingerprint density at radius 1 is 1.48 bits per heavy atom.